The van der Waals surface area contributed by atoms with E-state index in [-0.39, 0.29) is 17.9 Å². The van der Waals surface area contributed by atoms with Crippen molar-refractivity contribution in [3.63, 3.8) is 0 Å². The fraction of sp³-hybridized carbons (Fsp3) is 0.667. The number of piperidine rings is 1. The number of H-pyrrole nitrogens is 1. The number of nitrogen functional groups attached to an aromatic ring is 1. The number of nitrogens with zero attached hydrogens (tertiary/aromatic N) is 3. The molecule has 0 atom stereocenters. The lowest BCUT2D eigenvalue weighted by molar-refractivity contribution is 0.0127. The van der Waals surface area contributed by atoms with Gasteiger partial charge in [-0.3, -0.25) is 5.10 Å². The van der Waals surface area contributed by atoms with E-state index in [1.54, 1.807) is 0 Å². The fourth-order valence-corrected chi connectivity index (χ4v) is 1.68. The van der Waals surface area contributed by atoms with Crippen molar-refractivity contribution in [2.24, 2.45) is 0 Å². The lowest BCUT2D eigenvalue weighted by Crippen LogP contribution is -2.35. The van der Waals surface area contributed by atoms with Crippen molar-refractivity contribution >= 4 is 11.9 Å². The van der Waals surface area contributed by atoms with Crippen LogP contribution in [0.1, 0.15) is 23.5 Å². The number of aromatic nitrogens is 3. The van der Waals surface area contributed by atoms with Gasteiger partial charge in [0.15, 0.2) is 0 Å². The summed E-state index contributed by atoms with van der Waals surface area (Å²) in [5, 5.41) is 6.01. The Morgan fingerprint density at radius 2 is 2.25 bits per heavy atom. The molecular weight excluding hydrogens is 210 g/mol. The largest absolute Gasteiger partial charge is 0.456 e. The summed E-state index contributed by atoms with van der Waals surface area (Å²) < 4.78 is 5.28. The van der Waals surface area contributed by atoms with Gasteiger partial charge in [-0.05, 0) is 19.9 Å². The highest BCUT2D eigenvalue weighted by molar-refractivity contribution is 5.85. The van der Waals surface area contributed by atoms with Gasteiger partial charge in [0.1, 0.15) is 6.10 Å². The molecule has 16 heavy (non-hydrogen) atoms. The molecule has 0 saturated carbocycles. The molecule has 2 heterocycles. The summed E-state index contributed by atoms with van der Waals surface area (Å²) in [6.07, 6.45) is 1.67. The van der Waals surface area contributed by atoms with Gasteiger partial charge < -0.3 is 15.4 Å². The molecule has 0 amide bonds. The molecule has 0 bridgehead atoms. The average Bonchev–Trinajstić information content (AvgIpc) is 2.68. The molecule has 1 saturated heterocycles. The second kappa shape index (κ2) is 4.48. The zero-order chi connectivity index (χ0) is 11.5. The van der Waals surface area contributed by atoms with Crippen LogP contribution in [-0.4, -0.2) is 52.3 Å². The van der Waals surface area contributed by atoms with Crippen LogP contribution in [0.4, 0.5) is 5.95 Å². The zero-order valence-corrected chi connectivity index (χ0v) is 9.14. The Balaban J connectivity index is 1.88. The van der Waals surface area contributed by atoms with E-state index in [0.29, 0.717) is 0 Å². The molecule has 2 rings (SSSR count). The molecule has 0 radical (unpaired) electrons. The summed E-state index contributed by atoms with van der Waals surface area (Å²) in [7, 11) is 2.05. The molecular formula is C9H15N5O2. The number of nitrogens with two attached hydrogens (primary N) is 1. The zero-order valence-electron chi connectivity index (χ0n) is 9.14. The molecule has 3 N–H and O–H groups in total. The molecule has 88 valence electrons. The molecule has 0 aromatic carbocycles. The molecule has 1 aromatic rings. The van der Waals surface area contributed by atoms with Crippen LogP contribution in [0.25, 0.3) is 0 Å². The molecule has 1 aliphatic heterocycles. The number of rotatable bonds is 2. The molecule has 0 aliphatic carbocycles. The Labute approximate surface area is 93.0 Å². The monoisotopic (exact) mass is 225 g/mol. The van der Waals surface area contributed by atoms with Gasteiger partial charge in [0.2, 0.25) is 11.8 Å². The second-order valence-corrected chi connectivity index (χ2v) is 3.95. The minimum Gasteiger partial charge on any atom is -0.456 e. The van der Waals surface area contributed by atoms with E-state index in [1.165, 1.54) is 0 Å². The van der Waals surface area contributed by atoms with Gasteiger partial charge >= 0.3 is 5.97 Å². The predicted molar refractivity (Wildman–Crippen MR) is 56.7 cm³/mol. The number of hydrogen-bond donors (Lipinski definition) is 2. The van der Waals surface area contributed by atoms with Gasteiger partial charge in [-0.2, -0.15) is 4.98 Å². The quantitative estimate of drug-likeness (QED) is 0.667. The van der Waals surface area contributed by atoms with Crippen LogP contribution >= 0.6 is 0 Å². The van der Waals surface area contributed by atoms with E-state index in [9.17, 15) is 4.79 Å². The van der Waals surface area contributed by atoms with Crippen LogP contribution in [-0.2, 0) is 4.74 Å². The third kappa shape index (κ3) is 2.48. The van der Waals surface area contributed by atoms with E-state index >= 15 is 0 Å². The highest BCUT2D eigenvalue weighted by Gasteiger charge is 2.22. The number of aromatic amines is 1. The van der Waals surface area contributed by atoms with E-state index in [2.05, 4.69) is 27.1 Å². The molecule has 0 spiro atoms. The Hall–Kier alpha value is -1.63. The number of carbonyl (C=O) groups excluding carboxylic acids is 1. The number of esters is 1. The van der Waals surface area contributed by atoms with Crippen LogP contribution in [0, 0.1) is 0 Å². The van der Waals surface area contributed by atoms with Crippen LogP contribution in [0.3, 0.4) is 0 Å². The number of hydrogen-bond acceptors (Lipinski definition) is 6. The van der Waals surface area contributed by atoms with Crippen molar-refractivity contribution in [1.82, 2.24) is 20.1 Å². The summed E-state index contributed by atoms with van der Waals surface area (Å²) in [6, 6.07) is 0. The third-order valence-corrected chi connectivity index (χ3v) is 2.64. The first-order valence-corrected chi connectivity index (χ1v) is 5.22. The first-order valence-electron chi connectivity index (χ1n) is 5.22. The standard InChI is InChI=1S/C9H15N5O2/c1-14-4-2-6(3-5-14)16-8(15)7-11-9(10)13-12-7/h6H,2-5H2,1H3,(H3,10,11,12,13). The van der Waals surface area contributed by atoms with Gasteiger partial charge in [0.25, 0.3) is 0 Å². The number of carbonyl (C=O) groups is 1. The van der Waals surface area contributed by atoms with Crippen LogP contribution in [0.15, 0.2) is 0 Å². The molecule has 7 heteroatoms. The summed E-state index contributed by atoms with van der Waals surface area (Å²) in [5.41, 5.74) is 5.30. The predicted octanol–water partition coefficient (Wildman–Crippen LogP) is -0.362. The topological polar surface area (TPSA) is 97.1 Å². The maximum atomic E-state index is 11.6. The molecule has 7 nitrogen and oxygen atoms in total. The number of nitrogens with one attached hydrogen (secondary N) is 1. The maximum absolute atomic E-state index is 11.6. The minimum atomic E-state index is -0.487. The first kappa shape index (κ1) is 10.9. The summed E-state index contributed by atoms with van der Waals surface area (Å²) in [5.74, 6) is -0.370. The van der Waals surface area contributed by atoms with Gasteiger partial charge in [-0.1, -0.05) is 0 Å². The van der Waals surface area contributed by atoms with Gasteiger partial charge in [-0.15, -0.1) is 5.10 Å². The van der Waals surface area contributed by atoms with Crippen molar-refractivity contribution in [2.75, 3.05) is 25.9 Å². The molecule has 1 aliphatic rings. The van der Waals surface area contributed by atoms with Crippen LogP contribution < -0.4 is 5.73 Å². The Bertz CT molecular complexity index is 370. The van der Waals surface area contributed by atoms with Crippen molar-refractivity contribution in [1.29, 1.82) is 0 Å². The van der Waals surface area contributed by atoms with Crippen molar-refractivity contribution < 1.29 is 9.53 Å². The van der Waals surface area contributed by atoms with E-state index in [0.717, 1.165) is 25.9 Å². The van der Waals surface area contributed by atoms with E-state index < -0.39 is 5.97 Å². The van der Waals surface area contributed by atoms with Gasteiger partial charge in [-0.25, -0.2) is 4.79 Å². The number of anilines is 1. The Morgan fingerprint density at radius 3 is 2.81 bits per heavy atom. The normalized spacial score (nSPS) is 18.6. The smallest absolute Gasteiger partial charge is 0.376 e. The van der Waals surface area contributed by atoms with Crippen LogP contribution in [0.5, 0.6) is 0 Å². The highest BCUT2D eigenvalue weighted by atomic mass is 16.5. The van der Waals surface area contributed by atoms with E-state index in [4.69, 9.17) is 10.5 Å². The summed E-state index contributed by atoms with van der Waals surface area (Å²) >= 11 is 0. The molecule has 1 aromatic heterocycles. The Kier molecular flexibility index (Phi) is 3.04. The lowest BCUT2D eigenvalue weighted by Gasteiger charge is -2.28. The number of likely N-dealkylation sites (tertiary alicyclic amines) is 1. The third-order valence-electron chi connectivity index (χ3n) is 2.64. The van der Waals surface area contributed by atoms with E-state index in [1.807, 2.05) is 0 Å². The fourth-order valence-electron chi connectivity index (χ4n) is 1.68. The van der Waals surface area contributed by atoms with Crippen molar-refractivity contribution in [3.05, 3.63) is 5.82 Å². The maximum Gasteiger partial charge on any atom is 0.376 e. The second-order valence-electron chi connectivity index (χ2n) is 3.95. The first-order chi connectivity index (χ1) is 7.65. The minimum absolute atomic E-state index is 0.0324. The molecule has 1 fully saturated rings. The molecule has 0 unspecified atom stereocenters. The Morgan fingerprint density at radius 1 is 1.56 bits per heavy atom. The van der Waals surface area contributed by atoms with Gasteiger partial charge in [0, 0.05) is 13.1 Å². The van der Waals surface area contributed by atoms with Crippen LogP contribution in [0.2, 0.25) is 0 Å². The summed E-state index contributed by atoms with van der Waals surface area (Å²) in [6.45, 7) is 1.88. The highest BCUT2D eigenvalue weighted by Crippen LogP contribution is 2.13. The SMILES string of the molecule is CN1CCC(OC(=O)c2nc(N)n[nH]2)CC1. The summed E-state index contributed by atoms with van der Waals surface area (Å²) in [4.78, 5) is 17.5. The van der Waals surface area contributed by atoms with Gasteiger partial charge in [0.05, 0.1) is 0 Å². The van der Waals surface area contributed by atoms with Crippen molar-refractivity contribution in [2.45, 2.75) is 18.9 Å². The average molecular weight is 225 g/mol. The lowest BCUT2D eigenvalue weighted by atomic mass is 10.1. The number of ether oxygens (including phenoxy) is 1. The van der Waals surface area contributed by atoms with Crippen molar-refractivity contribution in [3.8, 4) is 0 Å².